The van der Waals surface area contributed by atoms with E-state index in [1.54, 1.807) is 0 Å². The van der Waals surface area contributed by atoms with Gasteiger partial charge >= 0.3 is 0 Å². The maximum atomic E-state index is 6.62. The van der Waals surface area contributed by atoms with E-state index in [0.29, 0.717) is 11.6 Å². The minimum absolute atomic E-state index is 0.222. The summed E-state index contributed by atoms with van der Waals surface area (Å²) in [5.41, 5.74) is 21.3. The topological polar surface area (TPSA) is 108 Å². The molecule has 0 radical (unpaired) electrons. The number of aromatic nitrogens is 4. The molecular weight excluding hydrogens is 498 g/mol. The Hall–Kier alpha value is -4.27. The number of fused-ring (bicyclic) bond motifs is 1. The van der Waals surface area contributed by atoms with Crippen LogP contribution in [0.5, 0.6) is 0 Å². The number of nitrogens with zero attached hydrogens (tertiary/aromatic N) is 5. The molecule has 0 unspecified atom stereocenters. The van der Waals surface area contributed by atoms with Gasteiger partial charge in [-0.1, -0.05) is 24.3 Å². The fraction of sp³-hybridized carbons (Fsp3) is 0.281. The summed E-state index contributed by atoms with van der Waals surface area (Å²) < 4.78 is 7.63. The molecule has 1 aliphatic carbocycles. The van der Waals surface area contributed by atoms with Gasteiger partial charge in [-0.15, -0.1) is 0 Å². The summed E-state index contributed by atoms with van der Waals surface area (Å²) in [5.74, 6) is 1.16. The van der Waals surface area contributed by atoms with Crippen LogP contribution >= 0.6 is 0 Å². The Bertz CT molecular complexity index is 1700. The van der Waals surface area contributed by atoms with Crippen LogP contribution in [0.1, 0.15) is 30.5 Å². The molecule has 40 heavy (non-hydrogen) atoms. The quantitative estimate of drug-likeness (QED) is 0.320. The molecule has 0 amide bonds. The van der Waals surface area contributed by atoms with Crippen molar-refractivity contribution in [2.45, 2.75) is 31.7 Å². The van der Waals surface area contributed by atoms with Gasteiger partial charge in [-0.3, -0.25) is 4.57 Å². The van der Waals surface area contributed by atoms with Crippen LogP contribution in [0.2, 0.25) is 0 Å². The van der Waals surface area contributed by atoms with Crippen LogP contribution in [-0.4, -0.2) is 45.8 Å². The number of nitrogen functional groups attached to an aromatic ring is 1. The SMILES string of the molecule is Cc1ccc(-c2nc3ccc(-c4cccc(N5CCOCC5)c4)nc3n2-c2ccc(C3(N)CCC3)cc2)c(N)n1. The Morgan fingerprint density at radius 3 is 2.38 bits per heavy atom. The van der Waals surface area contributed by atoms with E-state index in [-0.39, 0.29) is 5.54 Å². The smallest absolute Gasteiger partial charge is 0.165 e. The summed E-state index contributed by atoms with van der Waals surface area (Å²) in [7, 11) is 0. The second-order valence-electron chi connectivity index (χ2n) is 10.9. The molecule has 8 heteroatoms. The fourth-order valence-corrected chi connectivity index (χ4v) is 5.78. The molecule has 2 fully saturated rings. The standard InChI is InChI=1S/C32H33N7O/c1-21-6-11-26(29(33)35-21)30-37-28-13-12-27(22-4-2-5-25(20-22)38-16-18-40-19-17-38)36-31(28)39(30)24-9-7-23(8-10-24)32(34)14-3-15-32/h2,4-13,20H,3,14-19,34H2,1H3,(H2,33,35). The number of morpholine rings is 1. The molecule has 0 spiro atoms. The minimum atomic E-state index is -0.222. The first-order valence-electron chi connectivity index (χ1n) is 13.9. The Kier molecular flexibility index (Phi) is 6.02. The average molecular weight is 532 g/mol. The Morgan fingerprint density at radius 1 is 0.850 bits per heavy atom. The van der Waals surface area contributed by atoms with Crippen molar-refractivity contribution in [3.05, 3.63) is 84.1 Å². The minimum Gasteiger partial charge on any atom is -0.383 e. The summed E-state index contributed by atoms with van der Waals surface area (Å²) >= 11 is 0. The van der Waals surface area contributed by atoms with Crippen LogP contribution in [0, 0.1) is 6.92 Å². The lowest BCUT2D eigenvalue weighted by Gasteiger charge is -2.38. The molecule has 3 aromatic heterocycles. The van der Waals surface area contributed by atoms with Gasteiger partial charge in [-0.05, 0) is 80.3 Å². The first kappa shape index (κ1) is 24.7. The van der Waals surface area contributed by atoms with Crippen LogP contribution in [0.3, 0.4) is 0 Å². The predicted molar refractivity (Wildman–Crippen MR) is 159 cm³/mol. The number of rotatable bonds is 5. The molecule has 1 saturated carbocycles. The van der Waals surface area contributed by atoms with Crippen LogP contribution < -0.4 is 16.4 Å². The molecule has 4 heterocycles. The molecule has 2 aromatic carbocycles. The lowest BCUT2D eigenvalue weighted by Crippen LogP contribution is -2.43. The fourth-order valence-electron chi connectivity index (χ4n) is 5.78. The van der Waals surface area contributed by atoms with E-state index in [9.17, 15) is 0 Å². The maximum Gasteiger partial charge on any atom is 0.165 e. The Labute approximate surface area is 233 Å². The first-order valence-corrected chi connectivity index (χ1v) is 13.9. The molecule has 2 aliphatic rings. The molecule has 0 atom stereocenters. The highest BCUT2D eigenvalue weighted by Crippen LogP contribution is 2.39. The molecule has 7 rings (SSSR count). The van der Waals surface area contributed by atoms with Crippen molar-refractivity contribution in [2.75, 3.05) is 36.9 Å². The summed E-state index contributed by atoms with van der Waals surface area (Å²) in [6.07, 6.45) is 3.21. The summed E-state index contributed by atoms with van der Waals surface area (Å²) in [6.45, 7) is 5.20. The second kappa shape index (κ2) is 9.73. The van der Waals surface area contributed by atoms with Crippen molar-refractivity contribution in [1.82, 2.24) is 19.5 Å². The molecule has 202 valence electrons. The summed E-state index contributed by atoms with van der Waals surface area (Å²) in [4.78, 5) is 17.0. The third-order valence-corrected chi connectivity index (χ3v) is 8.27. The number of hydrogen-bond acceptors (Lipinski definition) is 7. The van der Waals surface area contributed by atoms with Crippen LogP contribution in [0.4, 0.5) is 11.5 Å². The van der Waals surface area contributed by atoms with E-state index >= 15 is 0 Å². The highest BCUT2D eigenvalue weighted by molar-refractivity contribution is 5.85. The predicted octanol–water partition coefficient (Wildman–Crippen LogP) is 5.21. The van der Waals surface area contributed by atoms with Gasteiger partial charge in [-0.25, -0.2) is 15.0 Å². The van der Waals surface area contributed by atoms with Crippen molar-refractivity contribution < 1.29 is 4.74 Å². The van der Waals surface area contributed by atoms with Crippen molar-refractivity contribution in [2.24, 2.45) is 5.73 Å². The molecular formula is C32H33N7O. The number of imidazole rings is 1. The summed E-state index contributed by atoms with van der Waals surface area (Å²) in [5, 5.41) is 0. The number of pyridine rings is 2. The van der Waals surface area contributed by atoms with E-state index in [1.165, 1.54) is 17.7 Å². The Morgan fingerprint density at radius 2 is 1.65 bits per heavy atom. The normalized spacial score (nSPS) is 16.7. The molecule has 1 saturated heterocycles. The number of nitrogens with two attached hydrogens (primary N) is 2. The maximum absolute atomic E-state index is 6.62. The zero-order chi connectivity index (χ0) is 27.3. The van der Waals surface area contributed by atoms with Crippen LogP contribution in [-0.2, 0) is 10.3 Å². The van der Waals surface area contributed by atoms with E-state index in [0.717, 1.165) is 78.5 Å². The van der Waals surface area contributed by atoms with Gasteiger partial charge in [0.1, 0.15) is 11.3 Å². The molecule has 5 aromatic rings. The number of anilines is 2. The number of hydrogen-bond donors (Lipinski definition) is 2. The molecule has 1 aliphatic heterocycles. The zero-order valence-electron chi connectivity index (χ0n) is 22.7. The van der Waals surface area contributed by atoms with Gasteiger partial charge in [-0.2, -0.15) is 0 Å². The van der Waals surface area contributed by atoms with E-state index < -0.39 is 0 Å². The van der Waals surface area contributed by atoms with Gasteiger partial charge in [0.05, 0.1) is 24.5 Å². The van der Waals surface area contributed by atoms with Gasteiger partial charge in [0.15, 0.2) is 11.5 Å². The van der Waals surface area contributed by atoms with Crippen molar-refractivity contribution in [3.63, 3.8) is 0 Å². The van der Waals surface area contributed by atoms with Crippen molar-refractivity contribution in [3.8, 4) is 28.3 Å². The lowest BCUT2D eigenvalue weighted by molar-refractivity contribution is 0.122. The lowest BCUT2D eigenvalue weighted by atomic mass is 9.73. The second-order valence-corrected chi connectivity index (χ2v) is 10.9. The molecule has 8 nitrogen and oxygen atoms in total. The third kappa shape index (κ3) is 4.29. The highest BCUT2D eigenvalue weighted by Gasteiger charge is 2.34. The Balaban J connectivity index is 1.37. The van der Waals surface area contributed by atoms with Crippen molar-refractivity contribution in [1.29, 1.82) is 0 Å². The average Bonchev–Trinajstić information content (AvgIpc) is 3.35. The number of ether oxygens (including phenoxy) is 1. The molecule has 0 bridgehead atoms. The third-order valence-electron chi connectivity index (χ3n) is 8.27. The zero-order valence-corrected chi connectivity index (χ0v) is 22.7. The van der Waals surface area contributed by atoms with E-state index in [1.807, 2.05) is 31.2 Å². The van der Waals surface area contributed by atoms with Gasteiger partial charge in [0.2, 0.25) is 0 Å². The summed E-state index contributed by atoms with van der Waals surface area (Å²) in [6, 6.07) is 25.1. The highest BCUT2D eigenvalue weighted by atomic mass is 16.5. The number of benzene rings is 2. The largest absolute Gasteiger partial charge is 0.383 e. The molecule has 4 N–H and O–H groups in total. The van der Waals surface area contributed by atoms with Gasteiger partial charge < -0.3 is 21.1 Å². The van der Waals surface area contributed by atoms with Crippen LogP contribution in [0.25, 0.3) is 39.5 Å². The first-order chi connectivity index (χ1) is 19.5. The van der Waals surface area contributed by atoms with E-state index in [2.05, 4.69) is 63.0 Å². The van der Waals surface area contributed by atoms with Crippen molar-refractivity contribution >= 4 is 22.7 Å². The number of aryl methyl sites for hydroxylation is 1. The van der Waals surface area contributed by atoms with E-state index in [4.69, 9.17) is 26.2 Å². The van der Waals surface area contributed by atoms with Gasteiger partial charge in [0, 0.05) is 41.3 Å². The monoisotopic (exact) mass is 531 g/mol. The van der Waals surface area contributed by atoms with Gasteiger partial charge in [0.25, 0.3) is 0 Å². The van der Waals surface area contributed by atoms with Crippen LogP contribution in [0.15, 0.2) is 72.8 Å².